The van der Waals surface area contributed by atoms with Crippen molar-refractivity contribution in [2.45, 2.75) is 32.5 Å². The average molecular weight is 186 g/mol. The molecular weight excluding hydrogens is 168 g/mol. The molecular formula is C9H18O2Si. The first-order valence-corrected chi connectivity index (χ1v) is 7.66. The minimum Gasteiger partial charge on any atom is -0.418 e. The predicted octanol–water partition coefficient (Wildman–Crippen LogP) is 2.37. The van der Waals surface area contributed by atoms with Gasteiger partial charge in [0.25, 0.3) is 0 Å². The Morgan fingerprint density at radius 2 is 2.08 bits per heavy atom. The van der Waals surface area contributed by atoms with E-state index in [4.69, 9.17) is 4.43 Å². The Balaban J connectivity index is 3.34. The molecule has 0 rings (SSSR count). The van der Waals surface area contributed by atoms with Crippen LogP contribution in [0.5, 0.6) is 0 Å². The van der Waals surface area contributed by atoms with Crippen molar-refractivity contribution in [2.75, 3.05) is 6.61 Å². The highest BCUT2D eigenvalue weighted by atomic mass is 28.4. The number of hydrogen-bond acceptors (Lipinski definition) is 2. The van der Waals surface area contributed by atoms with Crippen LogP contribution < -0.4 is 0 Å². The van der Waals surface area contributed by atoms with Crippen molar-refractivity contribution in [1.29, 1.82) is 0 Å². The largest absolute Gasteiger partial charge is 0.418 e. The van der Waals surface area contributed by atoms with Crippen molar-refractivity contribution in [2.24, 2.45) is 0 Å². The van der Waals surface area contributed by atoms with E-state index < -0.39 is 8.32 Å². The van der Waals surface area contributed by atoms with Crippen LogP contribution in [0, 0.1) is 0 Å². The van der Waals surface area contributed by atoms with Crippen LogP contribution in [0.15, 0.2) is 12.7 Å². The molecule has 0 aromatic rings. The molecule has 0 amide bonds. The van der Waals surface area contributed by atoms with Crippen molar-refractivity contribution in [3.05, 3.63) is 12.7 Å². The van der Waals surface area contributed by atoms with Gasteiger partial charge in [-0.05, 0) is 32.1 Å². The molecule has 0 N–H and O–H groups in total. The molecule has 0 fully saturated rings. The third-order valence-electron chi connectivity index (χ3n) is 1.33. The summed E-state index contributed by atoms with van der Waals surface area (Å²) in [6.07, 6.45) is 2.75. The Labute approximate surface area is 75.7 Å². The summed E-state index contributed by atoms with van der Waals surface area (Å²) in [5, 5.41) is 0. The number of carbonyl (C=O) groups excluding carboxylic acids is 1. The fraction of sp³-hybridized carbons (Fsp3) is 0.667. The molecule has 0 unspecified atom stereocenters. The van der Waals surface area contributed by atoms with Gasteiger partial charge >= 0.3 is 0 Å². The average Bonchev–Trinajstić information content (AvgIpc) is 1.96. The molecule has 0 aromatic carbocycles. The van der Waals surface area contributed by atoms with Gasteiger partial charge in [-0.1, -0.05) is 6.58 Å². The molecule has 2 nitrogen and oxygen atoms in total. The van der Waals surface area contributed by atoms with Gasteiger partial charge in [0.05, 0.1) is 0 Å². The van der Waals surface area contributed by atoms with E-state index in [9.17, 15) is 4.79 Å². The zero-order chi connectivity index (χ0) is 9.61. The monoisotopic (exact) mass is 186 g/mol. The van der Waals surface area contributed by atoms with Crippen molar-refractivity contribution in [3.63, 3.8) is 0 Å². The van der Waals surface area contributed by atoms with Crippen LogP contribution in [0.2, 0.25) is 19.6 Å². The molecule has 0 atom stereocenters. The van der Waals surface area contributed by atoms with E-state index in [0.29, 0.717) is 13.0 Å². The van der Waals surface area contributed by atoms with Crippen molar-refractivity contribution in [3.8, 4) is 0 Å². The van der Waals surface area contributed by atoms with Crippen molar-refractivity contribution in [1.82, 2.24) is 0 Å². The Morgan fingerprint density at radius 3 is 2.50 bits per heavy atom. The zero-order valence-electron chi connectivity index (χ0n) is 8.22. The maximum absolute atomic E-state index is 10.8. The number of rotatable bonds is 6. The molecule has 0 aromatic heterocycles. The Morgan fingerprint density at radius 1 is 1.50 bits per heavy atom. The van der Waals surface area contributed by atoms with E-state index >= 15 is 0 Å². The van der Waals surface area contributed by atoms with Crippen LogP contribution in [0.25, 0.3) is 0 Å². The van der Waals surface area contributed by atoms with Crippen LogP contribution in [-0.2, 0) is 9.22 Å². The van der Waals surface area contributed by atoms with Crippen molar-refractivity contribution >= 4 is 14.1 Å². The lowest BCUT2D eigenvalue weighted by molar-refractivity contribution is -0.114. The molecule has 0 saturated heterocycles. The van der Waals surface area contributed by atoms with Gasteiger partial charge in [0.15, 0.2) is 14.1 Å². The molecule has 12 heavy (non-hydrogen) atoms. The van der Waals surface area contributed by atoms with Gasteiger partial charge in [0.1, 0.15) is 0 Å². The summed E-state index contributed by atoms with van der Waals surface area (Å²) in [5.41, 5.74) is 0. The topological polar surface area (TPSA) is 26.3 Å². The van der Waals surface area contributed by atoms with Gasteiger partial charge in [-0.15, -0.1) is 0 Å². The maximum Gasteiger partial charge on any atom is 0.183 e. The fourth-order valence-corrected chi connectivity index (χ4v) is 1.48. The van der Waals surface area contributed by atoms with Crippen LogP contribution in [0.1, 0.15) is 12.8 Å². The van der Waals surface area contributed by atoms with E-state index in [1.54, 1.807) is 0 Å². The van der Waals surface area contributed by atoms with Gasteiger partial charge in [-0.3, -0.25) is 4.79 Å². The van der Waals surface area contributed by atoms with E-state index in [1.807, 2.05) is 0 Å². The minimum absolute atomic E-state index is 0.106. The smallest absolute Gasteiger partial charge is 0.183 e. The molecule has 0 aliphatic heterocycles. The number of ketones is 1. The van der Waals surface area contributed by atoms with Gasteiger partial charge in [0.2, 0.25) is 0 Å². The molecule has 0 aliphatic carbocycles. The highest BCUT2D eigenvalue weighted by molar-refractivity contribution is 6.69. The standard InChI is InChI=1S/C9H18O2Si/c1-5-9(10)7-6-8-11-12(2,3)4/h5H,1,6-8H2,2-4H3. The lowest BCUT2D eigenvalue weighted by Crippen LogP contribution is -2.25. The van der Waals surface area contributed by atoms with Gasteiger partial charge < -0.3 is 4.43 Å². The van der Waals surface area contributed by atoms with Crippen LogP contribution in [0.3, 0.4) is 0 Å². The first-order valence-electron chi connectivity index (χ1n) is 4.25. The van der Waals surface area contributed by atoms with Crippen molar-refractivity contribution < 1.29 is 9.22 Å². The summed E-state index contributed by atoms with van der Waals surface area (Å²) >= 11 is 0. The third-order valence-corrected chi connectivity index (χ3v) is 2.40. The summed E-state index contributed by atoms with van der Waals surface area (Å²) in [7, 11) is -1.38. The summed E-state index contributed by atoms with van der Waals surface area (Å²) in [4.78, 5) is 10.8. The summed E-state index contributed by atoms with van der Waals surface area (Å²) in [5.74, 6) is 0.106. The van der Waals surface area contributed by atoms with Gasteiger partial charge in [-0.2, -0.15) is 0 Å². The summed E-state index contributed by atoms with van der Waals surface area (Å²) in [6, 6.07) is 0. The Hall–Kier alpha value is -0.413. The first kappa shape index (κ1) is 11.6. The molecule has 0 radical (unpaired) electrons. The van der Waals surface area contributed by atoms with E-state index in [1.165, 1.54) is 6.08 Å². The molecule has 3 heteroatoms. The first-order chi connectivity index (χ1) is 5.45. The van der Waals surface area contributed by atoms with E-state index in [0.717, 1.165) is 6.42 Å². The highest BCUT2D eigenvalue weighted by Crippen LogP contribution is 2.04. The second-order valence-electron chi connectivity index (χ2n) is 3.73. The van der Waals surface area contributed by atoms with E-state index in [-0.39, 0.29) is 5.78 Å². The Bertz CT molecular complexity index is 158. The molecule has 0 bridgehead atoms. The quantitative estimate of drug-likeness (QED) is 0.362. The summed E-state index contributed by atoms with van der Waals surface area (Å²) in [6.45, 7) is 10.5. The molecule has 70 valence electrons. The highest BCUT2D eigenvalue weighted by Gasteiger charge is 2.13. The van der Waals surface area contributed by atoms with Crippen LogP contribution in [-0.4, -0.2) is 20.7 Å². The number of carbonyl (C=O) groups is 1. The van der Waals surface area contributed by atoms with Gasteiger partial charge in [-0.25, -0.2) is 0 Å². The van der Waals surface area contributed by atoms with Gasteiger partial charge in [0, 0.05) is 13.0 Å². The molecule has 0 saturated carbocycles. The molecule has 0 aliphatic rings. The second kappa shape index (κ2) is 5.27. The second-order valence-corrected chi connectivity index (χ2v) is 8.25. The predicted molar refractivity (Wildman–Crippen MR) is 53.7 cm³/mol. The molecule has 0 spiro atoms. The maximum atomic E-state index is 10.8. The lowest BCUT2D eigenvalue weighted by Gasteiger charge is -2.16. The van der Waals surface area contributed by atoms with E-state index in [2.05, 4.69) is 26.2 Å². The third kappa shape index (κ3) is 7.69. The summed E-state index contributed by atoms with van der Waals surface area (Å²) < 4.78 is 5.58. The van der Waals surface area contributed by atoms with Crippen LogP contribution >= 0.6 is 0 Å². The number of allylic oxidation sites excluding steroid dienone is 1. The van der Waals surface area contributed by atoms with Crippen LogP contribution in [0.4, 0.5) is 0 Å². The normalized spacial score (nSPS) is 11.2. The number of hydrogen-bond donors (Lipinski definition) is 0. The molecule has 0 heterocycles. The SMILES string of the molecule is C=CC(=O)CCCO[Si](C)(C)C. The lowest BCUT2D eigenvalue weighted by atomic mass is 10.2. The Kier molecular flexibility index (Phi) is 5.09. The zero-order valence-corrected chi connectivity index (χ0v) is 9.22. The fourth-order valence-electron chi connectivity index (χ4n) is 0.727. The minimum atomic E-state index is -1.38.